The Morgan fingerprint density at radius 2 is 2.07 bits per heavy atom. The smallest absolute Gasteiger partial charge is 0.410 e. The molecule has 1 aliphatic rings. The summed E-state index contributed by atoms with van der Waals surface area (Å²) in [6.45, 7) is 8.82. The van der Waals surface area contributed by atoms with Crippen molar-refractivity contribution in [3.8, 4) is 5.75 Å². The molecule has 0 bridgehead atoms. The molecule has 1 aliphatic heterocycles. The third kappa shape index (κ3) is 6.56. The molecule has 1 N–H and O–H groups in total. The zero-order valence-corrected chi connectivity index (χ0v) is 19.9. The molecule has 1 heterocycles. The highest BCUT2D eigenvalue weighted by molar-refractivity contribution is 7.99. The monoisotopic (exact) mass is 436 g/mol. The molecule has 30 heavy (non-hydrogen) atoms. The van der Waals surface area contributed by atoms with E-state index in [1.54, 1.807) is 28.8 Å². The van der Waals surface area contributed by atoms with Crippen LogP contribution in [0.25, 0.3) is 0 Å². The van der Waals surface area contributed by atoms with E-state index in [4.69, 9.17) is 4.74 Å². The summed E-state index contributed by atoms with van der Waals surface area (Å²) in [5.74, 6) is 0.0912. The van der Waals surface area contributed by atoms with Gasteiger partial charge in [0.1, 0.15) is 11.4 Å². The van der Waals surface area contributed by atoms with E-state index in [0.29, 0.717) is 19.5 Å². The van der Waals surface area contributed by atoms with Gasteiger partial charge in [0.15, 0.2) is 0 Å². The molecule has 0 aliphatic carbocycles. The second-order valence-electron chi connectivity index (χ2n) is 9.05. The minimum atomic E-state index is -0.535. The number of amides is 2. The van der Waals surface area contributed by atoms with Crippen LogP contribution in [0.5, 0.6) is 5.75 Å². The Balaban J connectivity index is 2.01. The number of thioether (sulfide) groups is 1. The number of carbonyl (C=O) groups excluding carboxylic acids is 2. The number of hydrogen-bond donors (Lipinski definition) is 1. The molecule has 3 atom stereocenters. The van der Waals surface area contributed by atoms with E-state index in [1.807, 2.05) is 58.0 Å². The van der Waals surface area contributed by atoms with E-state index >= 15 is 0 Å². The first-order valence-electron chi connectivity index (χ1n) is 10.6. The van der Waals surface area contributed by atoms with Crippen molar-refractivity contribution in [3.63, 3.8) is 0 Å². The van der Waals surface area contributed by atoms with Crippen molar-refractivity contribution in [2.24, 2.45) is 5.92 Å². The molecule has 1 aromatic carbocycles. The first kappa shape index (κ1) is 24.4. The molecule has 2 amide bonds. The maximum absolute atomic E-state index is 13.1. The van der Waals surface area contributed by atoms with Gasteiger partial charge in [-0.05, 0) is 64.0 Å². The van der Waals surface area contributed by atoms with E-state index in [9.17, 15) is 14.7 Å². The minimum absolute atomic E-state index is 0.00623. The Labute approximate surface area is 185 Å². The summed E-state index contributed by atoms with van der Waals surface area (Å²) in [5, 5.41) is 9.63. The fourth-order valence-corrected chi connectivity index (χ4v) is 5.10. The molecule has 0 spiro atoms. The summed E-state index contributed by atoms with van der Waals surface area (Å²) >= 11 is 1.65. The summed E-state index contributed by atoms with van der Waals surface area (Å²) in [4.78, 5) is 29.4. The van der Waals surface area contributed by atoms with Crippen LogP contribution in [0.4, 0.5) is 4.79 Å². The van der Waals surface area contributed by atoms with Crippen LogP contribution in [0.2, 0.25) is 0 Å². The summed E-state index contributed by atoms with van der Waals surface area (Å²) in [7, 11) is 1.82. The predicted octanol–water partition coefficient (Wildman–Crippen LogP) is 4.16. The lowest BCUT2D eigenvalue weighted by molar-refractivity contribution is -0.134. The average Bonchev–Trinajstić information content (AvgIpc) is 3.14. The minimum Gasteiger partial charge on any atom is -0.508 e. The fourth-order valence-electron chi connectivity index (χ4n) is 3.98. The average molecular weight is 437 g/mol. The Kier molecular flexibility index (Phi) is 8.47. The first-order valence-corrected chi connectivity index (χ1v) is 11.9. The number of benzene rings is 1. The number of phenolic OH excluding ortho intramolecular Hbond substituents is 1. The van der Waals surface area contributed by atoms with Gasteiger partial charge in [0.05, 0.1) is 0 Å². The molecule has 7 heteroatoms. The van der Waals surface area contributed by atoms with E-state index in [1.165, 1.54) is 0 Å². The lowest BCUT2D eigenvalue weighted by Crippen LogP contribution is -2.49. The topological polar surface area (TPSA) is 70.1 Å². The van der Waals surface area contributed by atoms with Gasteiger partial charge in [0.25, 0.3) is 0 Å². The zero-order chi connectivity index (χ0) is 22.5. The standard InChI is InChI=1S/C23H36N2O4S/c1-16(21(27)24(5)14-12-17-9-7-10-18(26)15-17)20(30-6)19-11-8-13-25(19)22(28)29-23(2,3)4/h7,9-10,15-16,19-20,26H,8,11-14H2,1-6H3. The third-order valence-corrected chi connectivity index (χ3v) is 6.75. The second-order valence-corrected chi connectivity index (χ2v) is 10.1. The van der Waals surface area contributed by atoms with Crippen LogP contribution in [0.3, 0.4) is 0 Å². The van der Waals surface area contributed by atoms with Gasteiger partial charge >= 0.3 is 6.09 Å². The number of nitrogens with zero attached hydrogens (tertiary/aromatic N) is 2. The molecule has 168 valence electrons. The number of rotatable bonds is 7. The summed E-state index contributed by atoms with van der Waals surface area (Å²) in [5.41, 5.74) is 0.461. The highest BCUT2D eigenvalue weighted by Gasteiger charge is 2.41. The summed E-state index contributed by atoms with van der Waals surface area (Å²) < 4.78 is 5.59. The van der Waals surface area contributed by atoms with Gasteiger partial charge in [-0.25, -0.2) is 4.79 Å². The number of likely N-dealkylation sites (tertiary alicyclic amines) is 1. The molecule has 6 nitrogen and oxygen atoms in total. The number of hydrogen-bond acceptors (Lipinski definition) is 5. The van der Waals surface area contributed by atoms with Crippen LogP contribution in [-0.2, 0) is 16.0 Å². The van der Waals surface area contributed by atoms with Gasteiger partial charge in [-0.3, -0.25) is 4.79 Å². The van der Waals surface area contributed by atoms with E-state index in [2.05, 4.69) is 0 Å². The maximum Gasteiger partial charge on any atom is 0.410 e. The number of ether oxygens (including phenoxy) is 1. The molecule has 2 rings (SSSR count). The fraction of sp³-hybridized carbons (Fsp3) is 0.652. The molecule has 0 saturated carbocycles. The maximum atomic E-state index is 13.1. The first-order chi connectivity index (χ1) is 14.0. The van der Waals surface area contributed by atoms with Gasteiger partial charge in [0, 0.05) is 37.3 Å². The Hall–Kier alpha value is -1.89. The normalized spacial score (nSPS) is 18.7. The zero-order valence-electron chi connectivity index (χ0n) is 19.1. The van der Waals surface area contributed by atoms with Crippen molar-refractivity contribution in [1.82, 2.24) is 9.80 Å². The van der Waals surface area contributed by atoms with Crippen LogP contribution in [-0.4, -0.2) is 70.2 Å². The number of likely N-dealkylation sites (N-methyl/N-ethyl adjacent to an activating group) is 1. The lowest BCUT2D eigenvalue weighted by atomic mass is 9.97. The van der Waals surface area contributed by atoms with Gasteiger partial charge in [0.2, 0.25) is 5.91 Å². The van der Waals surface area contributed by atoms with Gasteiger partial charge in [-0.15, -0.1) is 0 Å². The van der Waals surface area contributed by atoms with Crippen molar-refractivity contribution in [3.05, 3.63) is 29.8 Å². The highest BCUT2D eigenvalue weighted by Crippen LogP contribution is 2.33. The molecule has 1 fully saturated rings. The SMILES string of the molecule is CSC(C(C)C(=O)N(C)CCc1cccc(O)c1)C1CCCN1C(=O)OC(C)(C)C. The van der Waals surface area contributed by atoms with Gasteiger partial charge in [-0.2, -0.15) is 11.8 Å². The van der Waals surface area contributed by atoms with Crippen molar-refractivity contribution in [1.29, 1.82) is 0 Å². The van der Waals surface area contributed by atoms with Crippen molar-refractivity contribution < 1.29 is 19.4 Å². The summed E-state index contributed by atoms with van der Waals surface area (Å²) in [6.07, 6.45) is 4.21. The molecule has 0 aromatic heterocycles. The van der Waals surface area contributed by atoms with Crippen LogP contribution < -0.4 is 0 Å². The Morgan fingerprint density at radius 1 is 1.37 bits per heavy atom. The van der Waals surface area contributed by atoms with Crippen molar-refractivity contribution >= 4 is 23.8 Å². The van der Waals surface area contributed by atoms with Gasteiger partial charge in [-0.1, -0.05) is 19.1 Å². The van der Waals surface area contributed by atoms with Crippen LogP contribution in [0, 0.1) is 5.92 Å². The van der Waals surface area contributed by atoms with Crippen LogP contribution in [0.1, 0.15) is 46.1 Å². The second kappa shape index (κ2) is 10.4. The molecule has 3 unspecified atom stereocenters. The predicted molar refractivity (Wildman–Crippen MR) is 122 cm³/mol. The summed E-state index contributed by atoms with van der Waals surface area (Å²) in [6, 6.07) is 7.12. The van der Waals surface area contributed by atoms with Crippen molar-refractivity contribution in [2.75, 3.05) is 26.4 Å². The van der Waals surface area contributed by atoms with E-state index < -0.39 is 5.60 Å². The molecule has 1 saturated heterocycles. The van der Waals surface area contributed by atoms with E-state index in [-0.39, 0.29) is 35.0 Å². The van der Waals surface area contributed by atoms with E-state index in [0.717, 1.165) is 18.4 Å². The largest absolute Gasteiger partial charge is 0.508 e. The molecule has 0 radical (unpaired) electrons. The number of phenols is 1. The molecular weight excluding hydrogens is 400 g/mol. The quantitative estimate of drug-likeness (QED) is 0.695. The van der Waals surface area contributed by atoms with Crippen molar-refractivity contribution in [2.45, 2.75) is 63.9 Å². The molecular formula is C23H36N2O4S. The number of carbonyl (C=O) groups is 2. The number of aromatic hydroxyl groups is 1. The lowest BCUT2D eigenvalue weighted by Gasteiger charge is -2.35. The van der Waals surface area contributed by atoms with Crippen LogP contribution >= 0.6 is 11.8 Å². The van der Waals surface area contributed by atoms with Gasteiger partial charge < -0.3 is 19.6 Å². The Bertz CT molecular complexity index is 734. The highest BCUT2D eigenvalue weighted by atomic mass is 32.2. The third-order valence-electron chi connectivity index (χ3n) is 5.48. The van der Waals surface area contributed by atoms with Crippen LogP contribution in [0.15, 0.2) is 24.3 Å². The Morgan fingerprint density at radius 3 is 2.67 bits per heavy atom. The molecule has 1 aromatic rings.